The monoisotopic (exact) mass is 202 g/mol. The fourth-order valence-corrected chi connectivity index (χ4v) is 0.739. The number of unbranched alkanes of at least 4 members (excludes halogenated alkanes) is 1. The Balaban J connectivity index is 2.99. The van der Waals surface area contributed by atoms with Crippen LogP contribution in [-0.2, 0) is 19.0 Å². The third-order valence-electron chi connectivity index (χ3n) is 1.46. The smallest absolute Gasteiger partial charge is 0.330 e. The first-order valence-electron chi connectivity index (χ1n) is 4.76. The van der Waals surface area contributed by atoms with Crippen molar-refractivity contribution in [2.75, 3.05) is 26.6 Å². The fourth-order valence-electron chi connectivity index (χ4n) is 0.739. The van der Waals surface area contributed by atoms with E-state index in [9.17, 15) is 4.79 Å². The van der Waals surface area contributed by atoms with Gasteiger partial charge in [0.15, 0.2) is 0 Å². The van der Waals surface area contributed by atoms with Gasteiger partial charge in [0.25, 0.3) is 0 Å². The van der Waals surface area contributed by atoms with Crippen LogP contribution in [0.15, 0.2) is 12.7 Å². The summed E-state index contributed by atoms with van der Waals surface area (Å²) in [5.41, 5.74) is 0. The molecule has 0 aliphatic carbocycles. The zero-order chi connectivity index (χ0) is 10.6. The minimum absolute atomic E-state index is 0.336. The summed E-state index contributed by atoms with van der Waals surface area (Å²) in [6, 6.07) is 0. The predicted octanol–water partition coefficient (Wildman–Crippen LogP) is 1.51. The van der Waals surface area contributed by atoms with Gasteiger partial charge >= 0.3 is 5.97 Å². The number of rotatable bonds is 9. The van der Waals surface area contributed by atoms with Crippen molar-refractivity contribution in [2.45, 2.75) is 19.8 Å². The molecule has 0 rings (SSSR count). The van der Waals surface area contributed by atoms with Crippen molar-refractivity contribution in [3.63, 3.8) is 0 Å². The Morgan fingerprint density at radius 2 is 2.00 bits per heavy atom. The summed E-state index contributed by atoms with van der Waals surface area (Å²) in [5, 5.41) is 0. The Kier molecular flexibility index (Phi) is 9.58. The van der Waals surface area contributed by atoms with Gasteiger partial charge in [-0.2, -0.15) is 0 Å². The summed E-state index contributed by atoms with van der Waals surface area (Å²) in [7, 11) is 0. The molecule has 0 N–H and O–H groups in total. The van der Waals surface area contributed by atoms with Crippen LogP contribution in [0, 0.1) is 0 Å². The minimum atomic E-state index is -0.375. The minimum Gasteiger partial charge on any atom is -0.463 e. The van der Waals surface area contributed by atoms with Crippen LogP contribution < -0.4 is 0 Å². The number of esters is 1. The van der Waals surface area contributed by atoms with Crippen LogP contribution in [0.1, 0.15) is 19.8 Å². The molecular weight excluding hydrogens is 184 g/mol. The van der Waals surface area contributed by atoms with E-state index in [2.05, 4.69) is 6.58 Å². The van der Waals surface area contributed by atoms with E-state index in [1.165, 1.54) is 0 Å². The lowest BCUT2D eigenvalue weighted by Gasteiger charge is -2.04. The summed E-state index contributed by atoms with van der Waals surface area (Å²) >= 11 is 0. The molecule has 82 valence electrons. The van der Waals surface area contributed by atoms with Crippen molar-refractivity contribution in [3.8, 4) is 0 Å². The molecule has 0 amide bonds. The Bertz CT molecular complexity index is 156. The quantitative estimate of drug-likeness (QED) is 0.246. The molecule has 0 spiro atoms. The fraction of sp³-hybridized carbons (Fsp3) is 0.700. The van der Waals surface area contributed by atoms with E-state index in [-0.39, 0.29) is 5.97 Å². The molecule has 0 aromatic heterocycles. The number of hydrogen-bond donors (Lipinski definition) is 0. The average molecular weight is 202 g/mol. The maximum Gasteiger partial charge on any atom is 0.330 e. The average Bonchev–Trinajstić information content (AvgIpc) is 2.21. The molecular formula is C10H18O4. The molecule has 0 aliphatic heterocycles. The lowest BCUT2D eigenvalue weighted by Crippen LogP contribution is -2.05. The van der Waals surface area contributed by atoms with Crippen LogP contribution in [-0.4, -0.2) is 32.6 Å². The largest absolute Gasteiger partial charge is 0.463 e. The second-order valence-electron chi connectivity index (χ2n) is 2.60. The van der Waals surface area contributed by atoms with E-state index in [1.54, 1.807) is 0 Å². The van der Waals surface area contributed by atoms with Gasteiger partial charge < -0.3 is 14.2 Å². The summed E-state index contributed by atoms with van der Waals surface area (Å²) < 4.78 is 14.9. The van der Waals surface area contributed by atoms with Gasteiger partial charge in [0, 0.05) is 19.3 Å². The molecule has 0 radical (unpaired) electrons. The number of carbonyl (C=O) groups is 1. The highest BCUT2D eigenvalue weighted by Gasteiger charge is 1.94. The number of carbonyl (C=O) groups excluding carboxylic acids is 1. The topological polar surface area (TPSA) is 44.8 Å². The lowest BCUT2D eigenvalue weighted by molar-refractivity contribution is -0.138. The molecule has 0 aliphatic rings. The number of ether oxygens (including phenoxy) is 3. The van der Waals surface area contributed by atoms with Crippen molar-refractivity contribution in [2.24, 2.45) is 0 Å². The summed E-state index contributed by atoms with van der Waals surface area (Å²) in [4.78, 5) is 10.6. The van der Waals surface area contributed by atoms with Gasteiger partial charge in [-0.05, 0) is 19.8 Å². The van der Waals surface area contributed by atoms with Crippen LogP contribution in [0.4, 0.5) is 0 Å². The highest BCUT2D eigenvalue weighted by atomic mass is 16.7. The van der Waals surface area contributed by atoms with E-state index in [0.29, 0.717) is 26.6 Å². The normalized spacial score (nSPS) is 9.79. The molecule has 0 saturated carbocycles. The zero-order valence-corrected chi connectivity index (χ0v) is 8.66. The maximum absolute atomic E-state index is 10.6. The molecule has 0 bridgehead atoms. The first-order valence-corrected chi connectivity index (χ1v) is 4.76. The molecule has 0 aromatic rings. The van der Waals surface area contributed by atoms with E-state index in [0.717, 1.165) is 18.9 Å². The highest BCUT2D eigenvalue weighted by Crippen LogP contribution is 1.92. The van der Waals surface area contributed by atoms with Crippen molar-refractivity contribution >= 4 is 5.97 Å². The third-order valence-corrected chi connectivity index (χ3v) is 1.46. The van der Waals surface area contributed by atoms with Gasteiger partial charge in [-0.25, -0.2) is 4.79 Å². The Morgan fingerprint density at radius 1 is 1.29 bits per heavy atom. The first kappa shape index (κ1) is 13.1. The van der Waals surface area contributed by atoms with Crippen LogP contribution >= 0.6 is 0 Å². The second kappa shape index (κ2) is 10.2. The molecule has 0 unspecified atom stereocenters. The molecule has 0 atom stereocenters. The van der Waals surface area contributed by atoms with Gasteiger partial charge in [0.2, 0.25) is 0 Å². The van der Waals surface area contributed by atoms with Crippen molar-refractivity contribution in [1.29, 1.82) is 0 Å². The Morgan fingerprint density at radius 3 is 2.64 bits per heavy atom. The van der Waals surface area contributed by atoms with Gasteiger partial charge in [-0.15, -0.1) is 0 Å². The lowest BCUT2D eigenvalue weighted by atomic mass is 10.3. The SMILES string of the molecule is C=CC(=O)OCCCCOCOCC. The zero-order valence-electron chi connectivity index (χ0n) is 8.66. The Hall–Kier alpha value is -0.870. The van der Waals surface area contributed by atoms with E-state index in [4.69, 9.17) is 14.2 Å². The highest BCUT2D eigenvalue weighted by molar-refractivity contribution is 5.81. The van der Waals surface area contributed by atoms with Crippen LogP contribution in [0.3, 0.4) is 0 Å². The van der Waals surface area contributed by atoms with Gasteiger partial charge in [0.1, 0.15) is 6.79 Å². The Labute approximate surface area is 84.8 Å². The summed E-state index contributed by atoms with van der Waals surface area (Å²) in [6.07, 6.45) is 2.81. The molecule has 4 nitrogen and oxygen atoms in total. The van der Waals surface area contributed by atoms with Crippen LogP contribution in [0.2, 0.25) is 0 Å². The van der Waals surface area contributed by atoms with Gasteiger partial charge in [-0.3, -0.25) is 0 Å². The van der Waals surface area contributed by atoms with Gasteiger partial charge in [-0.1, -0.05) is 6.58 Å². The van der Waals surface area contributed by atoms with Crippen molar-refractivity contribution in [1.82, 2.24) is 0 Å². The van der Waals surface area contributed by atoms with Crippen molar-refractivity contribution in [3.05, 3.63) is 12.7 Å². The molecule has 0 heterocycles. The van der Waals surface area contributed by atoms with Gasteiger partial charge in [0.05, 0.1) is 6.61 Å². The third kappa shape index (κ3) is 9.22. The first-order chi connectivity index (χ1) is 6.81. The molecule has 0 saturated heterocycles. The van der Waals surface area contributed by atoms with E-state index in [1.807, 2.05) is 6.92 Å². The number of hydrogen-bond acceptors (Lipinski definition) is 4. The molecule has 4 heteroatoms. The van der Waals surface area contributed by atoms with Crippen molar-refractivity contribution < 1.29 is 19.0 Å². The van der Waals surface area contributed by atoms with E-state index < -0.39 is 0 Å². The standard InChI is InChI=1S/C10H18O4/c1-3-10(11)14-8-6-5-7-13-9-12-4-2/h3H,1,4-9H2,2H3. The molecule has 14 heavy (non-hydrogen) atoms. The summed E-state index contributed by atoms with van der Waals surface area (Å²) in [5.74, 6) is -0.375. The summed E-state index contributed by atoms with van der Waals surface area (Å²) in [6.45, 7) is 7.26. The molecule has 0 aromatic carbocycles. The second-order valence-corrected chi connectivity index (χ2v) is 2.60. The maximum atomic E-state index is 10.6. The predicted molar refractivity (Wildman–Crippen MR) is 52.8 cm³/mol. The molecule has 0 fully saturated rings. The van der Waals surface area contributed by atoms with Crippen LogP contribution in [0.25, 0.3) is 0 Å². The van der Waals surface area contributed by atoms with E-state index >= 15 is 0 Å². The van der Waals surface area contributed by atoms with Crippen LogP contribution in [0.5, 0.6) is 0 Å².